The van der Waals surface area contributed by atoms with Crippen LogP contribution in [0.1, 0.15) is 27.9 Å². The Hall–Kier alpha value is -3.08. The molecule has 0 aliphatic rings. The number of amides is 2. The molecule has 2 aromatic rings. The fraction of sp³-hybridized carbons (Fsp3) is 0.364. The van der Waals surface area contributed by atoms with Crippen molar-refractivity contribution >= 4 is 21.7 Å². The molecular formula is C22H25F3N2O5S. The second-order valence-corrected chi connectivity index (χ2v) is 9.64. The molecule has 0 saturated carbocycles. The molecule has 2 aromatic carbocycles. The van der Waals surface area contributed by atoms with E-state index < -0.39 is 39.4 Å². The average Bonchev–Trinajstić information content (AvgIpc) is 2.75. The summed E-state index contributed by atoms with van der Waals surface area (Å²) in [7, 11) is -2.00. The zero-order valence-corrected chi connectivity index (χ0v) is 18.9. The maximum absolute atomic E-state index is 12.7. The first-order valence-corrected chi connectivity index (χ1v) is 12.0. The number of alkyl halides is 3. The normalized spacial score (nSPS) is 12.6. The fourth-order valence-corrected chi connectivity index (χ4v) is 3.65. The summed E-state index contributed by atoms with van der Waals surface area (Å²) in [6.45, 7) is 0.0874. The van der Waals surface area contributed by atoms with E-state index in [0.717, 1.165) is 18.4 Å². The first-order chi connectivity index (χ1) is 15.4. The third-order valence-electron chi connectivity index (χ3n) is 4.74. The molecule has 0 aliphatic carbocycles. The molecule has 0 bridgehead atoms. The Labute approximate surface area is 190 Å². The fourth-order valence-electron chi connectivity index (χ4n) is 2.98. The van der Waals surface area contributed by atoms with Crippen LogP contribution in [0.3, 0.4) is 0 Å². The zero-order valence-electron chi connectivity index (χ0n) is 18.1. The summed E-state index contributed by atoms with van der Waals surface area (Å²) in [5, 5.41) is 5.13. The molecule has 180 valence electrons. The van der Waals surface area contributed by atoms with Crippen LogP contribution < -0.4 is 15.4 Å². The van der Waals surface area contributed by atoms with Gasteiger partial charge in [0.05, 0.1) is 24.0 Å². The van der Waals surface area contributed by atoms with Gasteiger partial charge >= 0.3 is 6.18 Å². The Balaban J connectivity index is 2.03. The van der Waals surface area contributed by atoms with E-state index in [4.69, 9.17) is 4.74 Å². The lowest BCUT2D eigenvalue weighted by molar-refractivity contribution is -0.137. The van der Waals surface area contributed by atoms with Gasteiger partial charge in [-0.3, -0.25) is 9.59 Å². The average molecular weight is 487 g/mol. The van der Waals surface area contributed by atoms with Gasteiger partial charge < -0.3 is 15.4 Å². The number of benzene rings is 2. The van der Waals surface area contributed by atoms with Gasteiger partial charge in [-0.25, -0.2) is 8.42 Å². The molecule has 0 heterocycles. The summed E-state index contributed by atoms with van der Waals surface area (Å²) in [5.41, 5.74) is -0.00821. The number of methoxy groups -OCH3 is 1. The van der Waals surface area contributed by atoms with Crippen molar-refractivity contribution < 1.29 is 35.9 Å². The van der Waals surface area contributed by atoms with Crippen LogP contribution in [0, 0.1) is 0 Å². The Morgan fingerprint density at radius 1 is 1.06 bits per heavy atom. The van der Waals surface area contributed by atoms with Crippen molar-refractivity contribution in [1.82, 2.24) is 10.6 Å². The molecule has 0 saturated heterocycles. The van der Waals surface area contributed by atoms with Crippen molar-refractivity contribution in [3.8, 4) is 5.75 Å². The highest BCUT2D eigenvalue weighted by Gasteiger charge is 2.30. The van der Waals surface area contributed by atoms with Crippen LogP contribution >= 0.6 is 0 Å². The highest BCUT2D eigenvalue weighted by molar-refractivity contribution is 7.90. The molecule has 0 aliphatic heterocycles. The lowest BCUT2D eigenvalue weighted by Crippen LogP contribution is -2.48. The zero-order chi connectivity index (χ0) is 24.6. The van der Waals surface area contributed by atoms with Gasteiger partial charge in [-0.1, -0.05) is 24.3 Å². The minimum Gasteiger partial charge on any atom is -0.496 e. The molecule has 2 rings (SSSR count). The van der Waals surface area contributed by atoms with E-state index in [1.54, 1.807) is 18.2 Å². The van der Waals surface area contributed by atoms with Crippen LogP contribution in [0.25, 0.3) is 0 Å². The summed E-state index contributed by atoms with van der Waals surface area (Å²) in [6, 6.07) is 9.79. The molecule has 11 heteroatoms. The van der Waals surface area contributed by atoms with Gasteiger partial charge in [0.1, 0.15) is 21.6 Å². The van der Waals surface area contributed by atoms with E-state index in [0.29, 0.717) is 11.3 Å². The molecule has 1 unspecified atom stereocenters. The summed E-state index contributed by atoms with van der Waals surface area (Å²) >= 11 is 0. The molecule has 0 aromatic heterocycles. The Morgan fingerprint density at radius 3 is 2.27 bits per heavy atom. The largest absolute Gasteiger partial charge is 0.496 e. The van der Waals surface area contributed by atoms with Crippen molar-refractivity contribution in [2.75, 3.05) is 25.7 Å². The molecule has 0 spiro atoms. The van der Waals surface area contributed by atoms with Gasteiger partial charge in [0.2, 0.25) is 5.91 Å². The van der Waals surface area contributed by atoms with Crippen molar-refractivity contribution in [3.05, 3.63) is 65.2 Å². The summed E-state index contributed by atoms with van der Waals surface area (Å²) in [5.74, 6) is -1.24. The third-order valence-corrected chi connectivity index (χ3v) is 5.72. The number of halogens is 3. The van der Waals surface area contributed by atoms with Gasteiger partial charge in [-0.2, -0.15) is 13.2 Å². The van der Waals surface area contributed by atoms with Gasteiger partial charge in [0.15, 0.2) is 0 Å². The van der Waals surface area contributed by atoms with Gasteiger partial charge in [0, 0.05) is 12.8 Å². The predicted molar refractivity (Wildman–Crippen MR) is 117 cm³/mol. The van der Waals surface area contributed by atoms with Gasteiger partial charge in [0.25, 0.3) is 5.91 Å². The Kier molecular flexibility index (Phi) is 8.86. The highest BCUT2D eigenvalue weighted by atomic mass is 32.2. The number of rotatable bonds is 10. The predicted octanol–water partition coefficient (Wildman–Crippen LogP) is 2.61. The molecule has 7 nitrogen and oxygen atoms in total. The van der Waals surface area contributed by atoms with Crippen molar-refractivity contribution in [2.45, 2.75) is 25.1 Å². The summed E-state index contributed by atoms with van der Waals surface area (Å²) in [4.78, 5) is 25.3. The number of ether oxygens (including phenoxy) is 1. The van der Waals surface area contributed by atoms with Crippen molar-refractivity contribution in [2.24, 2.45) is 0 Å². The van der Waals surface area contributed by atoms with E-state index in [1.807, 2.05) is 0 Å². The van der Waals surface area contributed by atoms with E-state index in [1.165, 1.54) is 25.3 Å². The quantitative estimate of drug-likeness (QED) is 0.538. The molecule has 1 atom stereocenters. The third kappa shape index (κ3) is 8.41. The first kappa shape index (κ1) is 26.2. The summed E-state index contributed by atoms with van der Waals surface area (Å²) < 4.78 is 66.2. The van der Waals surface area contributed by atoms with Crippen molar-refractivity contribution in [1.29, 1.82) is 0 Å². The number of nitrogens with one attached hydrogen (secondary N) is 2. The number of para-hydroxylation sites is 1. The number of sulfone groups is 1. The second kappa shape index (κ2) is 11.2. The summed E-state index contributed by atoms with van der Waals surface area (Å²) in [6.07, 6.45) is -3.30. The van der Waals surface area contributed by atoms with E-state index in [-0.39, 0.29) is 30.7 Å². The number of carbonyl (C=O) groups is 2. The molecule has 33 heavy (non-hydrogen) atoms. The van der Waals surface area contributed by atoms with E-state index in [9.17, 15) is 31.2 Å². The molecule has 0 fully saturated rings. The van der Waals surface area contributed by atoms with Crippen LogP contribution in [0.5, 0.6) is 5.75 Å². The minimum atomic E-state index is -4.43. The molecular weight excluding hydrogens is 461 g/mol. The lowest BCUT2D eigenvalue weighted by atomic mass is 10.1. The Morgan fingerprint density at radius 2 is 1.70 bits per heavy atom. The van der Waals surface area contributed by atoms with Crippen molar-refractivity contribution in [3.63, 3.8) is 0 Å². The topological polar surface area (TPSA) is 102 Å². The second-order valence-electron chi connectivity index (χ2n) is 7.38. The van der Waals surface area contributed by atoms with Crippen LogP contribution in [-0.4, -0.2) is 51.9 Å². The van der Waals surface area contributed by atoms with Crippen LogP contribution in [0.15, 0.2) is 48.5 Å². The van der Waals surface area contributed by atoms with Crippen LogP contribution in [0.2, 0.25) is 0 Å². The van der Waals surface area contributed by atoms with E-state index in [2.05, 4.69) is 10.6 Å². The van der Waals surface area contributed by atoms with Gasteiger partial charge in [-0.15, -0.1) is 0 Å². The maximum atomic E-state index is 12.7. The van der Waals surface area contributed by atoms with Crippen LogP contribution in [0.4, 0.5) is 13.2 Å². The molecule has 2 amide bonds. The van der Waals surface area contributed by atoms with Crippen LogP contribution in [-0.2, 0) is 27.2 Å². The monoisotopic (exact) mass is 486 g/mol. The maximum Gasteiger partial charge on any atom is 0.416 e. The number of hydrogen-bond donors (Lipinski definition) is 2. The SMILES string of the molecule is COc1ccccc1C(=O)NC(CCS(C)(=O)=O)C(=O)NCCc1ccc(C(F)(F)F)cc1. The highest BCUT2D eigenvalue weighted by Crippen LogP contribution is 2.29. The lowest BCUT2D eigenvalue weighted by Gasteiger charge is -2.19. The smallest absolute Gasteiger partial charge is 0.416 e. The molecule has 0 radical (unpaired) electrons. The Bertz CT molecular complexity index is 1070. The number of carbonyl (C=O) groups excluding carboxylic acids is 2. The first-order valence-electron chi connectivity index (χ1n) is 9.96. The molecule has 2 N–H and O–H groups in total. The standard InChI is InChI=1S/C22H25F3N2O5S/c1-32-19-6-4-3-5-17(19)20(28)27-18(12-14-33(2,30)31)21(29)26-13-11-15-7-9-16(10-8-15)22(23,24)25/h3-10,18H,11-14H2,1-2H3,(H,26,29)(H,27,28). The van der Waals surface area contributed by atoms with Gasteiger partial charge in [-0.05, 0) is 42.7 Å². The van der Waals surface area contributed by atoms with E-state index >= 15 is 0 Å². The minimum absolute atomic E-state index is 0.0874. The number of hydrogen-bond acceptors (Lipinski definition) is 5.